The molecule has 2 aliphatic rings. The predicted octanol–water partition coefficient (Wildman–Crippen LogP) is 4.29. The van der Waals surface area contributed by atoms with Crippen LogP contribution in [-0.4, -0.2) is 66.1 Å². The number of nitrogens with two attached hydrogens (primary N) is 1. The third-order valence-electron chi connectivity index (χ3n) is 7.41. The van der Waals surface area contributed by atoms with Crippen molar-refractivity contribution in [2.24, 2.45) is 5.73 Å². The van der Waals surface area contributed by atoms with Crippen LogP contribution in [0.3, 0.4) is 0 Å². The second kappa shape index (κ2) is 11.7. The van der Waals surface area contributed by atoms with Gasteiger partial charge >= 0.3 is 0 Å². The van der Waals surface area contributed by atoms with E-state index in [0.29, 0.717) is 37.4 Å². The van der Waals surface area contributed by atoms with Crippen molar-refractivity contribution in [3.63, 3.8) is 0 Å². The summed E-state index contributed by atoms with van der Waals surface area (Å²) in [7, 11) is 2.10. The fourth-order valence-corrected chi connectivity index (χ4v) is 5.05. The van der Waals surface area contributed by atoms with E-state index >= 15 is 0 Å². The molecule has 2 N–H and O–H groups in total. The van der Waals surface area contributed by atoms with E-state index in [2.05, 4.69) is 44.9 Å². The number of pyridine rings is 2. The zero-order chi connectivity index (χ0) is 27.4. The van der Waals surface area contributed by atoms with Gasteiger partial charge in [-0.3, -0.25) is 9.88 Å². The van der Waals surface area contributed by atoms with Crippen LogP contribution < -0.4 is 10.6 Å². The van der Waals surface area contributed by atoms with Crippen LogP contribution in [0.25, 0.3) is 22.3 Å². The SMILES string of the molecule is CN1CC=C(c2cnc(C(C#N)=CN)c(-c3ccc(N4CCN(Cc5c(F)cccc5F)CC4)nc3)c2)CC1. The van der Waals surface area contributed by atoms with Crippen LogP contribution in [0.15, 0.2) is 61.1 Å². The second-order valence-corrected chi connectivity index (χ2v) is 9.92. The van der Waals surface area contributed by atoms with Crippen LogP contribution in [0, 0.1) is 23.0 Å². The molecular formula is C30H31F2N7. The molecular weight excluding hydrogens is 496 g/mol. The number of hydrogen-bond donors (Lipinski definition) is 1. The van der Waals surface area contributed by atoms with Gasteiger partial charge in [-0.15, -0.1) is 0 Å². The maximum atomic E-state index is 14.1. The Morgan fingerprint density at radius 3 is 2.38 bits per heavy atom. The molecule has 3 aromatic rings. The lowest BCUT2D eigenvalue weighted by Gasteiger charge is -2.35. The van der Waals surface area contributed by atoms with Crippen molar-refractivity contribution in [2.75, 3.05) is 51.2 Å². The average molecular weight is 528 g/mol. The normalized spacial score (nSPS) is 17.1. The third-order valence-corrected chi connectivity index (χ3v) is 7.41. The van der Waals surface area contributed by atoms with Crippen molar-refractivity contribution in [1.82, 2.24) is 19.8 Å². The summed E-state index contributed by atoms with van der Waals surface area (Å²) in [5.74, 6) is -0.193. The lowest BCUT2D eigenvalue weighted by atomic mass is 9.95. The van der Waals surface area contributed by atoms with Gasteiger partial charge in [-0.1, -0.05) is 12.1 Å². The Kier molecular flexibility index (Phi) is 7.96. The zero-order valence-electron chi connectivity index (χ0n) is 21.9. The van der Waals surface area contributed by atoms with Crippen LogP contribution >= 0.6 is 0 Å². The van der Waals surface area contributed by atoms with Gasteiger partial charge in [0.05, 0.1) is 11.3 Å². The van der Waals surface area contributed by atoms with Crippen molar-refractivity contribution in [1.29, 1.82) is 5.26 Å². The topological polar surface area (TPSA) is 85.3 Å². The van der Waals surface area contributed by atoms with Gasteiger partial charge in [-0.05, 0) is 54.9 Å². The predicted molar refractivity (Wildman–Crippen MR) is 149 cm³/mol. The Balaban J connectivity index is 1.34. The summed E-state index contributed by atoms with van der Waals surface area (Å²) in [6, 6.07) is 12.1. The van der Waals surface area contributed by atoms with E-state index in [9.17, 15) is 14.0 Å². The number of allylic oxidation sites excluding steroid dienone is 1. The Morgan fingerprint density at radius 2 is 1.77 bits per heavy atom. The molecule has 0 spiro atoms. The number of rotatable bonds is 6. The zero-order valence-corrected chi connectivity index (χ0v) is 21.9. The molecule has 2 aliphatic heterocycles. The number of halogens is 2. The first kappa shape index (κ1) is 26.5. The van der Waals surface area contributed by atoms with Crippen molar-refractivity contribution < 1.29 is 8.78 Å². The molecule has 2 aromatic heterocycles. The molecule has 0 saturated carbocycles. The summed E-state index contributed by atoms with van der Waals surface area (Å²) >= 11 is 0. The number of nitriles is 1. The van der Waals surface area contributed by atoms with Crippen LogP contribution in [0.5, 0.6) is 0 Å². The summed E-state index contributed by atoms with van der Waals surface area (Å²) < 4.78 is 28.1. The number of likely N-dealkylation sites (N-methyl/N-ethyl adjacent to an activating group) is 1. The van der Waals surface area contributed by atoms with E-state index in [-0.39, 0.29) is 12.1 Å². The average Bonchev–Trinajstić information content (AvgIpc) is 2.97. The largest absolute Gasteiger partial charge is 0.403 e. The van der Waals surface area contributed by atoms with Crippen LogP contribution in [0.2, 0.25) is 0 Å². The van der Waals surface area contributed by atoms with Gasteiger partial charge in [-0.25, -0.2) is 13.8 Å². The first-order chi connectivity index (χ1) is 19.0. The Bertz CT molecular complexity index is 1410. The smallest absolute Gasteiger partial charge is 0.130 e. The van der Waals surface area contributed by atoms with Gasteiger partial charge in [0.15, 0.2) is 0 Å². The minimum atomic E-state index is -0.510. The Hall–Kier alpha value is -4.13. The van der Waals surface area contributed by atoms with Crippen molar-refractivity contribution >= 4 is 17.0 Å². The van der Waals surface area contributed by atoms with Gasteiger partial charge in [0, 0.05) is 81.1 Å². The molecule has 1 fully saturated rings. The molecule has 39 heavy (non-hydrogen) atoms. The van der Waals surface area contributed by atoms with E-state index in [1.54, 1.807) is 6.20 Å². The monoisotopic (exact) mass is 527 g/mol. The lowest BCUT2D eigenvalue weighted by Crippen LogP contribution is -2.46. The lowest BCUT2D eigenvalue weighted by molar-refractivity contribution is 0.242. The van der Waals surface area contributed by atoms with Crippen molar-refractivity contribution in [3.8, 4) is 17.2 Å². The summed E-state index contributed by atoms with van der Waals surface area (Å²) in [6.45, 7) is 4.84. The van der Waals surface area contributed by atoms with E-state index in [1.807, 2.05) is 18.3 Å². The second-order valence-electron chi connectivity index (χ2n) is 9.92. The Labute approximate surface area is 227 Å². The number of piperazine rings is 1. The standard InChI is InChI=1S/C30H31F2N7/c1-37-9-7-21(8-10-37)23-15-25(30(36-19-23)24(16-33)17-34)22-5-6-29(35-18-22)39-13-11-38(12-14-39)20-26-27(31)3-2-4-28(26)32/h2-7,15-16,18-19H,8-14,20,33H2,1H3. The quantitative estimate of drug-likeness (QED) is 0.479. The summed E-state index contributed by atoms with van der Waals surface area (Å²) in [6.07, 6.45) is 8.05. The van der Waals surface area contributed by atoms with Crippen LogP contribution in [0.4, 0.5) is 14.6 Å². The van der Waals surface area contributed by atoms with Gasteiger partial charge in [0.1, 0.15) is 23.5 Å². The van der Waals surface area contributed by atoms with E-state index in [1.165, 1.54) is 30.0 Å². The molecule has 0 amide bonds. The van der Waals surface area contributed by atoms with Crippen molar-refractivity contribution in [2.45, 2.75) is 13.0 Å². The van der Waals surface area contributed by atoms with E-state index < -0.39 is 11.6 Å². The fraction of sp³-hybridized carbons (Fsp3) is 0.300. The number of benzene rings is 1. The first-order valence-electron chi connectivity index (χ1n) is 13.0. The maximum Gasteiger partial charge on any atom is 0.130 e. The van der Waals surface area contributed by atoms with Gasteiger partial charge < -0.3 is 15.5 Å². The molecule has 0 atom stereocenters. The highest BCUT2D eigenvalue weighted by Gasteiger charge is 2.21. The summed E-state index contributed by atoms with van der Waals surface area (Å²) in [4.78, 5) is 15.8. The molecule has 0 unspecified atom stereocenters. The molecule has 4 heterocycles. The van der Waals surface area contributed by atoms with Gasteiger partial charge in [0.2, 0.25) is 0 Å². The number of hydrogen-bond acceptors (Lipinski definition) is 7. The van der Waals surface area contributed by atoms with Crippen LogP contribution in [0.1, 0.15) is 23.2 Å². The number of nitrogens with zero attached hydrogens (tertiary/aromatic N) is 6. The minimum Gasteiger partial charge on any atom is -0.403 e. The summed E-state index contributed by atoms with van der Waals surface area (Å²) in [5.41, 5.74) is 10.6. The highest BCUT2D eigenvalue weighted by atomic mass is 19.1. The van der Waals surface area contributed by atoms with E-state index in [4.69, 9.17) is 10.7 Å². The number of anilines is 1. The maximum absolute atomic E-state index is 14.1. The molecule has 0 aliphatic carbocycles. The Morgan fingerprint density at radius 1 is 1.03 bits per heavy atom. The van der Waals surface area contributed by atoms with Gasteiger partial charge in [0.25, 0.3) is 0 Å². The molecule has 1 saturated heterocycles. The summed E-state index contributed by atoms with van der Waals surface area (Å²) in [5, 5.41) is 9.63. The third kappa shape index (κ3) is 5.82. The molecule has 0 bridgehead atoms. The molecule has 0 radical (unpaired) electrons. The molecule has 5 rings (SSSR count). The van der Waals surface area contributed by atoms with Crippen LogP contribution in [-0.2, 0) is 6.54 Å². The first-order valence-corrected chi connectivity index (χ1v) is 13.0. The highest BCUT2D eigenvalue weighted by molar-refractivity contribution is 5.86. The molecule has 200 valence electrons. The minimum absolute atomic E-state index is 0.111. The van der Waals surface area contributed by atoms with Gasteiger partial charge in [-0.2, -0.15) is 5.26 Å². The van der Waals surface area contributed by atoms with E-state index in [0.717, 1.165) is 42.0 Å². The molecule has 1 aromatic carbocycles. The molecule has 9 heteroatoms. The molecule has 7 nitrogen and oxygen atoms in total. The highest BCUT2D eigenvalue weighted by Crippen LogP contribution is 2.32. The van der Waals surface area contributed by atoms with Crippen molar-refractivity contribution in [3.05, 3.63) is 89.5 Å². The fourth-order valence-electron chi connectivity index (χ4n) is 5.05. The number of aromatic nitrogens is 2.